The van der Waals surface area contributed by atoms with Crippen molar-refractivity contribution in [3.05, 3.63) is 34.4 Å². The summed E-state index contributed by atoms with van der Waals surface area (Å²) in [7, 11) is 0. The highest BCUT2D eigenvalue weighted by Crippen LogP contribution is 2.24. The van der Waals surface area contributed by atoms with Gasteiger partial charge in [0.1, 0.15) is 0 Å². The number of carbonyl (C=O) groups is 2. The second kappa shape index (κ2) is 14.2. The molecule has 0 heterocycles. The SMILES string of the molecule is CCCCCCCCCCCCc1ccc(C(=O)O)c(C(=O)O)c1CCCC. The van der Waals surface area contributed by atoms with Gasteiger partial charge in [0.15, 0.2) is 0 Å². The van der Waals surface area contributed by atoms with E-state index in [0.717, 1.165) is 43.2 Å². The number of carboxylic acid groups (broad SMARTS) is 2. The minimum absolute atomic E-state index is 0.00877. The van der Waals surface area contributed by atoms with Crippen LogP contribution in [0.2, 0.25) is 0 Å². The van der Waals surface area contributed by atoms with Gasteiger partial charge in [0.25, 0.3) is 0 Å². The van der Waals surface area contributed by atoms with E-state index in [-0.39, 0.29) is 11.1 Å². The Balaban J connectivity index is 2.59. The largest absolute Gasteiger partial charge is 0.478 e. The van der Waals surface area contributed by atoms with Crippen LogP contribution in [0.25, 0.3) is 0 Å². The van der Waals surface area contributed by atoms with Gasteiger partial charge < -0.3 is 10.2 Å². The third kappa shape index (κ3) is 8.45. The van der Waals surface area contributed by atoms with E-state index in [1.54, 1.807) is 0 Å². The first-order chi connectivity index (χ1) is 13.5. The molecule has 0 aliphatic rings. The van der Waals surface area contributed by atoms with E-state index < -0.39 is 11.9 Å². The molecule has 0 fully saturated rings. The van der Waals surface area contributed by atoms with Crippen molar-refractivity contribution in [1.82, 2.24) is 0 Å². The fourth-order valence-electron chi connectivity index (χ4n) is 3.79. The molecule has 0 aliphatic carbocycles. The summed E-state index contributed by atoms with van der Waals surface area (Å²) in [4.78, 5) is 23.2. The van der Waals surface area contributed by atoms with Gasteiger partial charge in [-0.15, -0.1) is 0 Å². The van der Waals surface area contributed by atoms with Crippen molar-refractivity contribution in [1.29, 1.82) is 0 Å². The second-order valence-electron chi connectivity index (χ2n) is 7.77. The fourth-order valence-corrected chi connectivity index (χ4v) is 3.79. The molecule has 1 rings (SSSR count). The number of rotatable bonds is 16. The Hall–Kier alpha value is -1.84. The number of benzene rings is 1. The Morgan fingerprint density at radius 2 is 1.21 bits per heavy atom. The van der Waals surface area contributed by atoms with Crippen LogP contribution in [0.15, 0.2) is 12.1 Å². The predicted octanol–water partition coefficient (Wildman–Crippen LogP) is 6.89. The quantitative estimate of drug-likeness (QED) is 0.301. The number of hydrogen-bond acceptors (Lipinski definition) is 2. The maximum atomic E-state index is 11.7. The first kappa shape index (κ1) is 24.2. The zero-order valence-electron chi connectivity index (χ0n) is 17.8. The normalized spacial score (nSPS) is 10.9. The van der Waals surface area contributed by atoms with Gasteiger partial charge in [-0.1, -0.05) is 84.1 Å². The molecule has 0 radical (unpaired) electrons. The highest BCUT2D eigenvalue weighted by molar-refractivity contribution is 6.03. The Bertz CT molecular complexity index is 607. The smallest absolute Gasteiger partial charge is 0.336 e. The number of hydrogen-bond donors (Lipinski definition) is 2. The lowest BCUT2D eigenvalue weighted by molar-refractivity contribution is 0.0650. The van der Waals surface area contributed by atoms with Crippen molar-refractivity contribution in [3.8, 4) is 0 Å². The van der Waals surface area contributed by atoms with Gasteiger partial charge in [-0.2, -0.15) is 0 Å². The van der Waals surface area contributed by atoms with E-state index in [1.807, 2.05) is 6.07 Å². The van der Waals surface area contributed by atoms with Gasteiger partial charge in [-0.3, -0.25) is 0 Å². The van der Waals surface area contributed by atoms with E-state index in [1.165, 1.54) is 57.4 Å². The van der Waals surface area contributed by atoms with Crippen LogP contribution in [0.1, 0.15) is 123 Å². The van der Waals surface area contributed by atoms with E-state index in [9.17, 15) is 19.8 Å². The molecule has 1 aromatic carbocycles. The van der Waals surface area contributed by atoms with Crippen molar-refractivity contribution in [2.75, 3.05) is 0 Å². The van der Waals surface area contributed by atoms with Crippen LogP contribution in [-0.2, 0) is 12.8 Å². The van der Waals surface area contributed by atoms with Crippen molar-refractivity contribution in [2.45, 2.75) is 104 Å². The topological polar surface area (TPSA) is 74.6 Å². The molecule has 4 nitrogen and oxygen atoms in total. The van der Waals surface area contributed by atoms with Crippen molar-refractivity contribution in [3.63, 3.8) is 0 Å². The molecule has 0 aromatic heterocycles. The summed E-state index contributed by atoms with van der Waals surface area (Å²) >= 11 is 0. The Kier molecular flexibility index (Phi) is 12.3. The van der Waals surface area contributed by atoms with Crippen LogP contribution >= 0.6 is 0 Å². The summed E-state index contributed by atoms with van der Waals surface area (Å²) in [6.07, 6.45) is 15.9. The highest BCUT2D eigenvalue weighted by Gasteiger charge is 2.22. The molecule has 4 heteroatoms. The molecule has 0 unspecified atom stereocenters. The molecule has 158 valence electrons. The minimum Gasteiger partial charge on any atom is -0.478 e. The van der Waals surface area contributed by atoms with Crippen LogP contribution in [0.3, 0.4) is 0 Å². The highest BCUT2D eigenvalue weighted by atomic mass is 16.4. The molecule has 0 amide bonds. The van der Waals surface area contributed by atoms with E-state index in [0.29, 0.717) is 6.42 Å². The summed E-state index contributed by atoms with van der Waals surface area (Å²) < 4.78 is 0. The molecule has 2 N–H and O–H groups in total. The lowest BCUT2D eigenvalue weighted by atomic mass is 9.89. The molecular weight excluding hydrogens is 352 g/mol. The van der Waals surface area contributed by atoms with Crippen molar-refractivity contribution >= 4 is 11.9 Å². The third-order valence-electron chi connectivity index (χ3n) is 5.43. The minimum atomic E-state index is -1.17. The van der Waals surface area contributed by atoms with E-state index in [4.69, 9.17) is 0 Å². The zero-order valence-corrected chi connectivity index (χ0v) is 17.8. The van der Waals surface area contributed by atoms with Gasteiger partial charge in [-0.05, 0) is 42.9 Å². The molecule has 0 atom stereocenters. The van der Waals surface area contributed by atoms with Crippen LogP contribution < -0.4 is 0 Å². The monoisotopic (exact) mass is 390 g/mol. The number of unbranched alkanes of at least 4 members (excludes halogenated alkanes) is 10. The summed E-state index contributed by atoms with van der Waals surface area (Å²) in [5.74, 6) is -2.30. The first-order valence-electron chi connectivity index (χ1n) is 11.1. The first-order valence-corrected chi connectivity index (χ1v) is 11.1. The molecule has 0 aliphatic heterocycles. The molecule has 1 aromatic rings. The maximum absolute atomic E-state index is 11.7. The molecule has 0 saturated heterocycles. The number of aryl methyl sites for hydroxylation is 1. The Morgan fingerprint density at radius 1 is 0.679 bits per heavy atom. The van der Waals surface area contributed by atoms with Crippen molar-refractivity contribution < 1.29 is 19.8 Å². The number of aromatic carboxylic acids is 2. The molecule has 0 saturated carbocycles. The molecule has 0 spiro atoms. The van der Waals surface area contributed by atoms with E-state index >= 15 is 0 Å². The molecule has 0 bridgehead atoms. The average Bonchev–Trinajstić information content (AvgIpc) is 2.67. The van der Waals surface area contributed by atoms with Gasteiger partial charge in [-0.25, -0.2) is 9.59 Å². The molecular formula is C24H38O4. The van der Waals surface area contributed by atoms with Gasteiger partial charge in [0, 0.05) is 0 Å². The lowest BCUT2D eigenvalue weighted by Gasteiger charge is -2.15. The summed E-state index contributed by atoms with van der Waals surface area (Å²) in [6, 6.07) is 3.29. The van der Waals surface area contributed by atoms with E-state index in [2.05, 4.69) is 13.8 Å². The van der Waals surface area contributed by atoms with Gasteiger partial charge in [0.2, 0.25) is 0 Å². The Labute approximate surface area is 170 Å². The molecule has 28 heavy (non-hydrogen) atoms. The zero-order chi connectivity index (χ0) is 20.8. The lowest BCUT2D eigenvalue weighted by Crippen LogP contribution is -2.14. The Morgan fingerprint density at radius 3 is 1.71 bits per heavy atom. The standard InChI is InChI=1S/C24H38O4/c1-3-5-7-8-9-10-11-12-13-14-15-19-17-18-21(23(25)26)22(24(27)28)20(19)16-6-4-2/h17-18H,3-16H2,1-2H3,(H,25,26)(H,27,28). The average molecular weight is 391 g/mol. The van der Waals surface area contributed by atoms with Gasteiger partial charge >= 0.3 is 11.9 Å². The van der Waals surface area contributed by atoms with Crippen LogP contribution in [-0.4, -0.2) is 22.2 Å². The van der Waals surface area contributed by atoms with Crippen LogP contribution in [0.5, 0.6) is 0 Å². The predicted molar refractivity (Wildman–Crippen MR) is 115 cm³/mol. The second-order valence-corrected chi connectivity index (χ2v) is 7.77. The fraction of sp³-hybridized carbons (Fsp3) is 0.667. The summed E-state index contributed by atoms with van der Waals surface area (Å²) in [5.41, 5.74) is 1.64. The van der Waals surface area contributed by atoms with Crippen LogP contribution in [0, 0.1) is 0 Å². The third-order valence-corrected chi connectivity index (χ3v) is 5.43. The number of carboxylic acids is 2. The van der Waals surface area contributed by atoms with Crippen LogP contribution in [0.4, 0.5) is 0 Å². The van der Waals surface area contributed by atoms with Crippen molar-refractivity contribution in [2.24, 2.45) is 0 Å². The maximum Gasteiger partial charge on any atom is 0.336 e. The summed E-state index contributed by atoms with van der Waals surface area (Å²) in [5, 5.41) is 19.0. The summed E-state index contributed by atoms with van der Waals surface area (Å²) in [6.45, 7) is 4.30. The van der Waals surface area contributed by atoms with Gasteiger partial charge in [0.05, 0.1) is 11.1 Å².